The fourth-order valence-electron chi connectivity index (χ4n) is 5.37. The molecule has 43 heavy (non-hydrogen) atoms. The number of aliphatic hydroxyl groups excluding tert-OH is 1. The first-order valence-corrected chi connectivity index (χ1v) is 15.3. The number of hydrogen-bond donors (Lipinski definition) is 2. The number of aromatic nitrogens is 3. The van der Waals surface area contributed by atoms with Crippen molar-refractivity contribution in [2.45, 2.75) is 70.4 Å². The Bertz CT molecular complexity index is 1670. The van der Waals surface area contributed by atoms with E-state index in [1.54, 1.807) is 42.3 Å². The number of rotatable bonds is 7. The predicted molar refractivity (Wildman–Crippen MR) is 165 cm³/mol. The molecule has 0 aliphatic carbocycles. The van der Waals surface area contributed by atoms with Crippen LogP contribution in [0.3, 0.4) is 0 Å². The third-order valence-electron chi connectivity index (χ3n) is 7.38. The summed E-state index contributed by atoms with van der Waals surface area (Å²) in [5.41, 5.74) is 1.70. The first-order chi connectivity index (χ1) is 20.4. The molecule has 4 aromatic rings. The molecule has 0 bridgehead atoms. The van der Waals surface area contributed by atoms with E-state index in [4.69, 9.17) is 16.3 Å². The Morgan fingerprint density at radius 2 is 1.93 bits per heavy atom. The van der Waals surface area contributed by atoms with Crippen LogP contribution in [0.1, 0.15) is 67.0 Å². The molecule has 2 amide bonds. The molecule has 226 valence electrons. The van der Waals surface area contributed by atoms with Crippen molar-refractivity contribution in [1.82, 2.24) is 24.8 Å². The van der Waals surface area contributed by atoms with Crippen LogP contribution < -0.4 is 5.56 Å². The monoisotopic (exact) mass is 623 g/mol. The molecule has 5 rings (SSSR count). The van der Waals surface area contributed by atoms with Crippen LogP contribution in [0.15, 0.2) is 58.8 Å². The maximum absolute atomic E-state index is 13.4. The number of carbonyl (C=O) groups excluding carboxylic acids is 2. The molecule has 1 aromatic carbocycles. The molecule has 3 aromatic heterocycles. The SMILES string of the molecule is CN(Cc1nc2ccsc2c(=O)[nH]1)C(=O)c1ccc(C[C@@H]2CC[C@H]([C@H](O)c3ccc(Cl)nc3)N2C(=O)OC(C)(C)C)cc1. The number of likely N-dealkylation sites (tertiary alicyclic amines) is 1. The van der Waals surface area contributed by atoms with E-state index in [1.165, 1.54) is 22.4 Å². The standard InChI is InChI=1S/C31H34ClN5O5S/c1-31(2,3)42-30(41)37-21(10-11-23(37)26(38)20-9-12-24(32)33-16-20)15-18-5-7-19(8-6-18)29(40)36(4)17-25-34-22-13-14-43-27(22)28(39)35-25/h5-9,12-14,16,21,23,26,38H,10-11,15,17H2,1-4H3,(H,34,35,39)/t21-,23+,26+/m0/s1. The van der Waals surface area contributed by atoms with Gasteiger partial charge in [0.05, 0.1) is 18.1 Å². The lowest BCUT2D eigenvalue weighted by Crippen LogP contribution is -2.47. The van der Waals surface area contributed by atoms with Crippen LogP contribution in [0.5, 0.6) is 0 Å². The smallest absolute Gasteiger partial charge is 0.410 e. The molecule has 2 N–H and O–H groups in total. The van der Waals surface area contributed by atoms with Crippen LogP contribution in [-0.2, 0) is 17.7 Å². The molecule has 1 aliphatic heterocycles. The highest BCUT2D eigenvalue weighted by Gasteiger charge is 2.43. The number of carbonyl (C=O) groups is 2. The van der Waals surface area contributed by atoms with E-state index in [-0.39, 0.29) is 24.1 Å². The molecular weight excluding hydrogens is 590 g/mol. The average Bonchev–Trinajstić information content (AvgIpc) is 3.60. The molecule has 4 heterocycles. The molecule has 1 fully saturated rings. The molecule has 3 atom stereocenters. The first-order valence-electron chi connectivity index (χ1n) is 14.0. The predicted octanol–water partition coefficient (Wildman–Crippen LogP) is 5.35. The summed E-state index contributed by atoms with van der Waals surface area (Å²) in [4.78, 5) is 53.3. The van der Waals surface area contributed by atoms with Crippen molar-refractivity contribution in [2.24, 2.45) is 0 Å². The van der Waals surface area contributed by atoms with Gasteiger partial charge in [0, 0.05) is 30.4 Å². The molecule has 1 saturated heterocycles. The Morgan fingerprint density at radius 3 is 2.60 bits per heavy atom. The van der Waals surface area contributed by atoms with Crippen LogP contribution in [-0.4, -0.2) is 66.6 Å². The second-order valence-electron chi connectivity index (χ2n) is 11.8. The number of fused-ring (bicyclic) bond motifs is 1. The zero-order valence-corrected chi connectivity index (χ0v) is 26.0. The minimum atomic E-state index is -0.956. The molecule has 0 radical (unpaired) electrons. The van der Waals surface area contributed by atoms with Crippen LogP contribution in [0, 0.1) is 0 Å². The summed E-state index contributed by atoms with van der Waals surface area (Å²) in [6, 6.07) is 11.7. The minimum Gasteiger partial charge on any atom is -0.444 e. The lowest BCUT2D eigenvalue weighted by molar-refractivity contribution is -0.00458. The third kappa shape index (κ3) is 7.06. The van der Waals surface area contributed by atoms with Gasteiger partial charge in [0.15, 0.2) is 0 Å². The summed E-state index contributed by atoms with van der Waals surface area (Å²) in [6.07, 6.45) is 1.86. The van der Waals surface area contributed by atoms with Gasteiger partial charge in [-0.25, -0.2) is 14.8 Å². The molecular formula is C31H34ClN5O5S. The van der Waals surface area contributed by atoms with Gasteiger partial charge in [0.1, 0.15) is 27.4 Å². The van der Waals surface area contributed by atoms with Crippen molar-refractivity contribution in [2.75, 3.05) is 7.05 Å². The molecule has 0 unspecified atom stereocenters. The second kappa shape index (κ2) is 12.4. The van der Waals surface area contributed by atoms with Gasteiger partial charge in [-0.2, -0.15) is 0 Å². The topological polar surface area (TPSA) is 129 Å². The summed E-state index contributed by atoms with van der Waals surface area (Å²) >= 11 is 7.26. The number of amides is 2. The highest BCUT2D eigenvalue weighted by atomic mass is 35.5. The Hall–Kier alpha value is -3.80. The number of thiophene rings is 1. The van der Waals surface area contributed by atoms with Gasteiger partial charge in [-0.3, -0.25) is 14.5 Å². The Labute approximate surface area is 258 Å². The van der Waals surface area contributed by atoms with Crippen molar-refractivity contribution in [3.8, 4) is 0 Å². The number of pyridine rings is 1. The summed E-state index contributed by atoms with van der Waals surface area (Å²) in [5.74, 6) is 0.202. The zero-order chi connectivity index (χ0) is 30.9. The van der Waals surface area contributed by atoms with Crippen LogP contribution in [0.25, 0.3) is 10.2 Å². The van der Waals surface area contributed by atoms with Gasteiger partial charge < -0.3 is 19.7 Å². The van der Waals surface area contributed by atoms with E-state index in [0.717, 1.165) is 5.56 Å². The number of ether oxygens (including phenoxy) is 1. The minimum absolute atomic E-state index is 0.154. The molecule has 10 nitrogen and oxygen atoms in total. The summed E-state index contributed by atoms with van der Waals surface area (Å²) < 4.78 is 6.30. The van der Waals surface area contributed by atoms with Crippen LogP contribution in [0.2, 0.25) is 5.15 Å². The van der Waals surface area contributed by atoms with Gasteiger partial charge >= 0.3 is 6.09 Å². The lowest BCUT2D eigenvalue weighted by Gasteiger charge is -2.34. The van der Waals surface area contributed by atoms with Crippen molar-refractivity contribution in [1.29, 1.82) is 0 Å². The highest BCUT2D eigenvalue weighted by Crippen LogP contribution is 2.36. The van der Waals surface area contributed by atoms with Crippen LogP contribution in [0.4, 0.5) is 4.79 Å². The quantitative estimate of drug-likeness (QED) is 0.266. The first kappa shape index (κ1) is 30.7. The molecule has 1 aliphatic rings. The van der Waals surface area contributed by atoms with E-state index in [9.17, 15) is 19.5 Å². The second-order valence-corrected chi connectivity index (χ2v) is 13.1. The Balaban J connectivity index is 1.29. The maximum atomic E-state index is 13.4. The van der Waals surface area contributed by atoms with Gasteiger partial charge in [0.2, 0.25) is 0 Å². The van der Waals surface area contributed by atoms with Gasteiger partial charge in [-0.15, -0.1) is 11.3 Å². The number of aromatic amines is 1. The number of nitrogens with zero attached hydrogens (tertiary/aromatic N) is 4. The Kier molecular flexibility index (Phi) is 8.86. The number of hydrogen-bond acceptors (Lipinski definition) is 8. The van der Waals surface area contributed by atoms with E-state index >= 15 is 0 Å². The summed E-state index contributed by atoms with van der Waals surface area (Å²) in [7, 11) is 1.66. The number of halogens is 1. The van der Waals surface area contributed by atoms with Crippen molar-refractivity contribution in [3.05, 3.63) is 92.1 Å². The summed E-state index contributed by atoms with van der Waals surface area (Å²) in [6.45, 7) is 5.59. The van der Waals surface area contributed by atoms with E-state index in [2.05, 4.69) is 15.0 Å². The third-order valence-corrected chi connectivity index (χ3v) is 8.50. The van der Waals surface area contributed by atoms with E-state index in [1.807, 2.05) is 38.3 Å². The Morgan fingerprint density at radius 1 is 1.19 bits per heavy atom. The van der Waals surface area contributed by atoms with E-state index in [0.29, 0.717) is 51.6 Å². The van der Waals surface area contributed by atoms with E-state index < -0.39 is 23.8 Å². The van der Waals surface area contributed by atoms with Crippen LogP contribution >= 0.6 is 22.9 Å². The van der Waals surface area contributed by atoms with Crippen molar-refractivity contribution >= 4 is 45.2 Å². The number of benzene rings is 1. The highest BCUT2D eigenvalue weighted by molar-refractivity contribution is 7.17. The fraction of sp³-hybridized carbons (Fsp3) is 0.387. The number of H-pyrrole nitrogens is 1. The van der Waals surface area contributed by atoms with Gasteiger partial charge in [-0.05, 0) is 75.2 Å². The average molecular weight is 624 g/mol. The summed E-state index contributed by atoms with van der Waals surface area (Å²) in [5, 5.41) is 13.4. The zero-order valence-electron chi connectivity index (χ0n) is 24.4. The molecule has 12 heteroatoms. The van der Waals surface area contributed by atoms with Crippen molar-refractivity contribution < 1.29 is 19.4 Å². The van der Waals surface area contributed by atoms with Gasteiger partial charge in [0.25, 0.3) is 11.5 Å². The van der Waals surface area contributed by atoms with Crippen molar-refractivity contribution in [3.63, 3.8) is 0 Å². The fourth-order valence-corrected chi connectivity index (χ4v) is 6.21. The maximum Gasteiger partial charge on any atom is 0.410 e. The largest absolute Gasteiger partial charge is 0.444 e. The molecule has 0 saturated carbocycles. The normalized spacial score (nSPS) is 17.7. The van der Waals surface area contributed by atoms with Gasteiger partial charge in [-0.1, -0.05) is 29.8 Å². The number of nitrogens with one attached hydrogen (secondary N) is 1. The number of aliphatic hydroxyl groups is 1. The lowest BCUT2D eigenvalue weighted by atomic mass is 10.0. The molecule has 0 spiro atoms.